The highest BCUT2D eigenvalue weighted by atomic mass is 32.2. The zero-order valence-corrected chi connectivity index (χ0v) is 19.0. The van der Waals surface area contributed by atoms with E-state index in [4.69, 9.17) is 0 Å². The van der Waals surface area contributed by atoms with E-state index in [-0.39, 0.29) is 28.4 Å². The van der Waals surface area contributed by atoms with Crippen molar-refractivity contribution in [2.75, 3.05) is 23.1 Å². The summed E-state index contributed by atoms with van der Waals surface area (Å²) < 4.78 is 27.7. The van der Waals surface area contributed by atoms with Gasteiger partial charge in [-0.05, 0) is 49.6 Å². The van der Waals surface area contributed by atoms with Crippen LogP contribution in [0.4, 0.5) is 11.5 Å². The number of amides is 2. The maximum atomic E-state index is 12.6. The lowest BCUT2D eigenvalue weighted by Crippen LogP contribution is -2.54. The number of likely N-dealkylation sites (tertiary alicyclic amines) is 1. The number of anilines is 2. The Hall–Kier alpha value is -3.31. The Morgan fingerprint density at radius 2 is 1.81 bits per heavy atom. The minimum Gasteiger partial charge on any atom is -0.336 e. The Morgan fingerprint density at radius 3 is 2.44 bits per heavy atom. The molecule has 0 spiro atoms. The lowest BCUT2D eigenvalue weighted by Gasteiger charge is -2.37. The maximum absolute atomic E-state index is 12.6. The normalized spacial score (nSPS) is 14.0. The van der Waals surface area contributed by atoms with Crippen molar-refractivity contribution in [3.8, 4) is 0 Å². The third kappa shape index (κ3) is 4.78. The second-order valence-corrected chi connectivity index (χ2v) is 10.1. The highest BCUT2D eigenvalue weighted by Gasteiger charge is 2.36. The van der Waals surface area contributed by atoms with Gasteiger partial charge >= 0.3 is 0 Å². The van der Waals surface area contributed by atoms with E-state index >= 15 is 0 Å². The van der Waals surface area contributed by atoms with E-state index in [1.165, 1.54) is 35.6 Å². The van der Waals surface area contributed by atoms with Crippen molar-refractivity contribution >= 4 is 44.7 Å². The van der Waals surface area contributed by atoms with Crippen LogP contribution in [-0.4, -0.2) is 48.2 Å². The largest absolute Gasteiger partial charge is 0.336 e. The number of nitrogens with one attached hydrogen (secondary N) is 2. The minimum atomic E-state index is -3.84. The molecular formula is C21H21N5O4S2. The van der Waals surface area contributed by atoms with Crippen molar-refractivity contribution in [2.24, 2.45) is 5.92 Å². The SMILES string of the molecule is Cc1cc(NS(=O)(=O)c2ccc(NC(=O)C3CN(C(=O)c4cccs4)C3)cc2)nc(C)n1. The standard InChI is InChI=1S/C21H21N5O4S2/c1-13-10-19(23-14(2)22-13)25-32(29,30)17-7-5-16(6-8-17)24-20(27)15-11-26(12-15)21(28)18-4-3-9-31-18/h3-10,15H,11-12H2,1-2H3,(H,24,27)(H,22,23,25). The summed E-state index contributed by atoms with van der Waals surface area (Å²) in [5.41, 5.74) is 1.13. The molecule has 3 heterocycles. The summed E-state index contributed by atoms with van der Waals surface area (Å²) >= 11 is 1.37. The van der Waals surface area contributed by atoms with E-state index in [1.54, 1.807) is 30.9 Å². The fourth-order valence-corrected chi connectivity index (χ4v) is 4.98. The molecule has 11 heteroatoms. The third-order valence-corrected chi connectivity index (χ3v) is 7.14. The molecule has 0 saturated carbocycles. The first kappa shape index (κ1) is 21.9. The van der Waals surface area contributed by atoms with Crippen LogP contribution in [-0.2, 0) is 14.8 Å². The smallest absolute Gasteiger partial charge is 0.263 e. The Bertz CT molecular complexity index is 1230. The zero-order valence-electron chi connectivity index (χ0n) is 17.4. The van der Waals surface area contributed by atoms with Crippen LogP contribution in [0.2, 0.25) is 0 Å². The van der Waals surface area contributed by atoms with Gasteiger partial charge in [0.15, 0.2) is 0 Å². The second kappa shape index (κ2) is 8.67. The first-order valence-electron chi connectivity index (χ1n) is 9.80. The lowest BCUT2D eigenvalue weighted by molar-refractivity contribution is -0.123. The Balaban J connectivity index is 1.34. The Labute approximate surface area is 189 Å². The van der Waals surface area contributed by atoms with Gasteiger partial charge in [0, 0.05) is 30.5 Å². The van der Waals surface area contributed by atoms with E-state index in [2.05, 4.69) is 20.0 Å². The molecule has 9 nitrogen and oxygen atoms in total. The van der Waals surface area contributed by atoms with Crippen LogP contribution in [0.25, 0.3) is 0 Å². The van der Waals surface area contributed by atoms with Crippen molar-refractivity contribution in [2.45, 2.75) is 18.7 Å². The third-order valence-electron chi connectivity index (χ3n) is 4.91. The van der Waals surface area contributed by atoms with Crippen molar-refractivity contribution in [3.05, 3.63) is 64.2 Å². The predicted octanol–water partition coefficient (Wildman–Crippen LogP) is 2.67. The van der Waals surface area contributed by atoms with Crippen LogP contribution in [0.5, 0.6) is 0 Å². The van der Waals surface area contributed by atoms with Gasteiger partial charge in [0.25, 0.3) is 15.9 Å². The number of carbonyl (C=O) groups excluding carboxylic acids is 2. The number of rotatable bonds is 6. The molecule has 1 saturated heterocycles. The topological polar surface area (TPSA) is 121 Å². The second-order valence-electron chi connectivity index (χ2n) is 7.45. The molecule has 2 amide bonds. The van der Waals surface area contributed by atoms with Gasteiger partial charge in [-0.15, -0.1) is 11.3 Å². The van der Waals surface area contributed by atoms with Crippen LogP contribution < -0.4 is 10.0 Å². The van der Waals surface area contributed by atoms with Crippen molar-refractivity contribution < 1.29 is 18.0 Å². The first-order valence-corrected chi connectivity index (χ1v) is 12.2. The minimum absolute atomic E-state index is 0.0424. The quantitative estimate of drug-likeness (QED) is 0.570. The fourth-order valence-electron chi connectivity index (χ4n) is 3.29. The van der Waals surface area contributed by atoms with E-state index in [1.807, 2.05) is 11.4 Å². The highest BCUT2D eigenvalue weighted by Crippen LogP contribution is 2.23. The molecule has 32 heavy (non-hydrogen) atoms. The zero-order chi connectivity index (χ0) is 22.9. The van der Waals surface area contributed by atoms with Gasteiger partial charge in [-0.3, -0.25) is 14.3 Å². The molecule has 0 unspecified atom stereocenters. The average molecular weight is 472 g/mol. The number of benzene rings is 1. The summed E-state index contributed by atoms with van der Waals surface area (Å²) in [5.74, 6) is 0.0840. The monoisotopic (exact) mass is 471 g/mol. The molecule has 0 radical (unpaired) electrons. The number of hydrogen-bond acceptors (Lipinski definition) is 7. The number of nitrogens with zero attached hydrogens (tertiary/aromatic N) is 3. The molecule has 2 aromatic heterocycles. The van der Waals surface area contributed by atoms with Crippen LogP contribution in [0.15, 0.2) is 52.7 Å². The van der Waals surface area contributed by atoms with Gasteiger partial charge in [0.05, 0.1) is 15.7 Å². The van der Waals surface area contributed by atoms with E-state index in [0.29, 0.717) is 35.2 Å². The molecule has 4 rings (SSSR count). The van der Waals surface area contributed by atoms with E-state index in [0.717, 1.165) is 0 Å². The molecule has 1 aromatic carbocycles. The Kier molecular flexibility index (Phi) is 5.94. The van der Waals surface area contributed by atoms with Gasteiger partial charge in [-0.2, -0.15) is 0 Å². The number of hydrogen-bond donors (Lipinski definition) is 2. The number of aromatic nitrogens is 2. The summed E-state index contributed by atoms with van der Waals surface area (Å²) in [6.07, 6.45) is 0. The Morgan fingerprint density at radius 1 is 1.09 bits per heavy atom. The number of carbonyl (C=O) groups is 2. The van der Waals surface area contributed by atoms with Crippen LogP contribution in [0.1, 0.15) is 21.2 Å². The number of thiophene rings is 1. The van der Waals surface area contributed by atoms with Crippen LogP contribution in [0, 0.1) is 19.8 Å². The first-order chi connectivity index (χ1) is 15.2. The summed E-state index contributed by atoms with van der Waals surface area (Å²) in [7, 11) is -3.84. The van der Waals surface area contributed by atoms with Gasteiger partial charge in [0.2, 0.25) is 5.91 Å². The summed E-state index contributed by atoms with van der Waals surface area (Å²) in [5, 5.41) is 4.61. The number of sulfonamides is 1. The maximum Gasteiger partial charge on any atom is 0.263 e. The number of aryl methyl sites for hydroxylation is 2. The van der Waals surface area contributed by atoms with Crippen molar-refractivity contribution in [1.29, 1.82) is 0 Å². The van der Waals surface area contributed by atoms with Gasteiger partial charge in [0.1, 0.15) is 11.6 Å². The van der Waals surface area contributed by atoms with Gasteiger partial charge in [-0.25, -0.2) is 18.4 Å². The molecule has 0 aliphatic carbocycles. The molecule has 1 aliphatic heterocycles. The molecule has 2 N–H and O–H groups in total. The molecule has 0 atom stereocenters. The van der Waals surface area contributed by atoms with Crippen molar-refractivity contribution in [3.63, 3.8) is 0 Å². The van der Waals surface area contributed by atoms with E-state index < -0.39 is 10.0 Å². The molecule has 166 valence electrons. The van der Waals surface area contributed by atoms with E-state index in [9.17, 15) is 18.0 Å². The molecular weight excluding hydrogens is 450 g/mol. The summed E-state index contributed by atoms with van der Waals surface area (Å²) in [6.45, 7) is 4.15. The summed E-state index contributed by atoms with van der Waals surface area (Å²) in [4.78, 5) is 35.2. The summed E-state index contributed by atoms with van der Waals surface area (Å²) in [6, 6.07) is 11.0. The molecule has 3 aromatic rings. The molecule has 1 aliphatic rings. The predicted molar refractivity (Wildman–Crippen MR) is 121 cm³/mol. The lowest BCUT2D eigenvalue weighted by atomic mass is 9.98. The van der Waals surface area contributed by atoms with Crippen LogP contribution >= 0.6 is 11.3 Å². The van der Waals surface area contributed by atoms with Gasteiger partial charge in [-0.1, -0.05) is 6.07 Å². The highest BCUT2D eigenvalue weighted by molar-refractivity contribution is 7.92. The molecule has 1 fully saturated rings. The van der Waals surface area contributed by atoms with Crippen molar-refractivity contribution in [1.82, 2.24) is 14.9 Å². The average Bonchev–Trinajstić information content (AvgIpc) is 3.20. The molecule has 0 bridgehead atoms. The van der Waals surface area contributed by atoms with Gasteiger partial charge < -0.3 is 10.2 Å². The fraction of sp³-hybridized carbons (Fsp3) is 0.238. The van der Waals surface area contributed by atoms with Crippen LogP contribution in [0.3, 0.4) is 0 Å².